The van der Waals surface area contributed by atoms with Gasteiger partial charge >= 0.3 is 0 Å². The van der Waals surface area contributed by atoms with E-state index in [0.717, 1.165) is 29.6 Å². The molecule has 0 saturated heterocycles. The van der Waals surface area contributed by atoms with Crippen LogP contribution < -0.4 is 10.5 Å². The molecule has 0 radical (unpaired) electrons. The molecule has 3 heteroatoms. The molecular weight excluding hydrogens is 254 g/mol. The zero-order valence-electron chi connectivity index (χ0n) is 9.29. The Hall–Kier alpha value is -0.540. The van der Waals surface area contributed by atoms with Crippen molar-refractivity contribution in [2.45, 2.75) is 19.8 Å². The normalized spacial score (nSPS) is 12.5. The molecule has 2 nitrogen and oxygen atoms in total. The Kier molecular flexibility index (Phi) is 5.12. The molecule has 0 spiro atoms. The van der Waals surface area contributed by atoms with Gasteiger partial charge in [0, 0.05) is 4.47 Å². The highest BCUT2D eigenvalue weighted by molar-refractivity contribution is 9.10. The highest BCUT2D eigenvalue weighted by Gasteiger charge is 2.05. The molecule has 0 aliphatic rings. The number of benzene rings is 1. The maximum atomic E-state index is 5.59. The Morgan fingerprint density at radius 3 is 2.80 bits per heavy atom. The van der Waals surface area contributed by atoms with Crippen molar-refractivity contribution in [2.24, 2.45) is 11.7 Å². The summed E-state index contributed by atoms with van der Waals surface area (Å²) < 4.78 is 6.34. The molecule has 0 aliphatic carbocycles. The second-order valence-corrected chi connectivity index (χ2v) is 4.69. The predicted octanol–water partition coefficient (Wildman–Crippen LogP) is 2.99. The number of nitrogens with two attached hydrogens (primary N) is 1. The fraction of sp³-hybridized carbons (Fsp3) is 0.500. The Bertz CT molecular complexity index is 314. The molecule has 0 bridgehead atoms. The predicted molar refractivity (Wildman–Crippen MR) is 67.2 cm³/mol. The molecule has 15 heavy (non-hydrogen) atoms. The molecule has 0 fully saturated rings. The van der Waals surface area contributed by atoms with Crippen LogP contribution in [0.5, 0.6) is 5.75 Å². The van der Waals surface area contributed by atoms with E-state index >= 15 is 0 Å². The second kappa shape index (κ2) is 6.13. The summed E-state index contributed by atoms with van der Waals surface area (Å²) in [5, 5.41) is 0. The summed E-state index contributed by atoms with van der Waals surface area (Å²) in [7, 11) is 1.69. The maximum absolute atomic E-state index is 5.59. The lowest BCUT2D eigenvalue weighted by Crippen LogP contribution is -2.11. The Morgan fingerprint density at radius 2 is 2.20 bits per heavy atom. The molecular formula is C12H18BrNO. The third-order valence-electron chi connectivity index (χ3n) is 2.56. The number of halogens is 1. The average Bonchev–Trinajstić information content (AvgIpc) is 2.27. The molecule has 0 heterocycles. The van der Waals surface area contributed by atoms with Gasteiger partial charge in [-0.2, -0.15) is 0 Å². The van der Waals surface area contributed by atoms with Gasteiger partial charge in [0.1, 0.15) is 5.75 Å². The first-order valence-corrected chi connectivity index (χ1v) is 5.99. The standard InChI is InChI=1S/C12H18BrNO/c1-9(8-14)3-4-10-7-11(15-2)5-6-12(10)13/h5-7,9H,3-4,8,14H2,1-2H3. The Labute approximate surface area is 99.9 Å². The average molecular weight is 272 g/mol. The monoisotopic (exact) mass is 271 g/mol. The fourth-order valence-electron chi connectivity index (χ4n) is 1.39. The number of methoxy groups -OCH3 is 1. The quantitative estimate of drug-likeness (QED) is 0.894. The molecule has 1 unspecified atom stereocenters. The van der Waals surface area contributed by atoms with E-state index in [1.807, 2.05) is 12.1 Å². The van der Waals surface area contributed by atoms with Crippen LogP contribution in [0.25, 0.3) is 0 Å². The van der Waals surface area contributed by atoms with Gasteiger partial charge in [-0.3, -0.25) is 0 Å². The minimum absolute atomic E-state index is 0.572. The van der Waals surface area contributed by atoms with Crippen molar-refractivity contribution in [1.82, 2.24) is 0 Å². The minimum atomic E-state index is 0.572. The van der Waals surface area contributed by atoms with Crippen LogP contribution in [0.4, 0.5) is 0 Å². The van der Waals surface area contributed by atoms with E-state index in [1.54, 1.807) is 7.11 Å². The van der Waals surface area contributed by atoms with Gasteiger partial charge in [-0.25, -0.2) is 0 Å². The van der Waals surface area contributed by atoms with Crippen molar-refractivity contribution in [3.8, 4) is 5.75 Å². The topological polar surface area (TPSA) is 35.2 Å². The van der Waals surface area contributed by atoms with Crippen LogP contribution >= 0.6 is 15.9 Å². The largest absolute Gasteiger partial charge is 0.497 e. The van der Waals surface area contributed by atoms with E-state index in [9.17, 15) is 0 Å². The number of rotatable bonds is 5. The lowest BCUT2D eigenvalue weighted by Gasteiger charge is -2.10. The smallest absolute Gasteiger partial charge is 0.119 e. The van der Waals surface area contributed by atoms with Crippen LogP contribution in [-0.4, -0.2) is 13.7 Å². The molecule has 0 saturated carbocycles. The zero-order valence-corrected chi connectivity index (χ0v) is 10.9. The number of ether oxygens (including phenoxy) is 1. The molecule has 84 valence electrons. The molecule has 0 aliphatic heterocycles. The first-order chi connectivity index (χ1) is 7.17. The van der Waals surface area contributed by atoms with E-state index < -0.39 is 0 Å². The summed E-state index contributed by atoms with van der Waals surface area (Å²) in [5.41, 5.74) is 6.88. The van der Waals surface area contributed by atoms with Gasteiger partial charge in [-0.05, 0) is 49.1 Å². The molecule has 2 N–H and O–H groups in total. The van der Waals surface area contributed by atoms with E-state index in [0.29, 0.717) is 5.92 Å². The van der Waals surface area contributed by atoms with Crippen LogP contribution in [0, 0.1) is 5.92 Å². The highest BCUT2D eigenvalue weighted by atomic mass is 79.9. The van der Waals surface area contributed by atoms with Gasteiger partial charge in [-0.1, -0.05) is 22.9 Å². The van der Waals surface area contributed by atoms with E-state index in [2.05, 4.69) is 28.9 Å². The SMILES string of the molecule is COc1ccc(Br)c(CCC(C)CN)c1. The van der Waals surface area contributed by atoms with Crippen molar-refractivity contribution in [3.05, 3.63) is 28.2 Å². The minimum Gasteiger partial charge on any atom is -0.497 e. The molecule has 1 rings (SSSR count). The van der Waals surface area contributed by atoms with Gasteiger partial charge in [-0.15, -0.1) is 0 Å². The van der Waals surface area contributed by atoms with E-state index in [4.69, 9.17) is 10.5 Å². The van der Waals surface area contributed by atoms with Gasteiger partial charge in [0.25, 0.3) is 0 Å². The third kappa shape index (κ3) is 3.84. The summed E-state index contributed by atoms with van der Waals surface area (Å²) in [5.74, 6) is 1.48. The second-order valence-electron chi connectivity index (χ2n) is 3.84. The molecule has 0 aromatic heterocycles. The summed E-state index contributed by atoms with van der Waals surface area (Å²) >= 11 is 3.54. The van der Waals surface area contributed by atoms with Crippen molar-refractivity contribution in [3.63, 3.8) is 0 Å². The molecule has 1 aromatic carbocycles. The summed E-state index contributed by atoms with van der Waals surface area (Å²) in [6.07, 6.45) is 2.15. The Balaban J connectivity index is 2.66. The molecule has 0 amide bonds. The molecule has 1 aromatic rings. The number of hydrogen-bond acceptors (Lipinski definition) is 2. The van der Waals surface area contributed by atoms with Gasteiger partial charge in [0.05, 0.1) is 7.11 Å². The first-order valence-electron chi connectivity index (χ1n) is 5.20. The number of hydrogen-bond donors (Lipinski definition) is 1. The number of aryl methyl sites for hydroxylation is 1. The van der Waals surface area contributed by atoms with Crippen molar-refractivity contribution in [2.75, 3.05) is 13.7 Å². The van der Waals surface area contributed by atoms with Crippen LogP contribution in [0.3, 0.4) is 0 Å². The van der Waals surface area contributed by atoms with Gasteiger partial charge in [0.2, 0.25) is 0 Å². The van der Waals surface area contributed by atoms with Crippen LogP contribution in [0.1, 0.15) is 18.9 Å². The lowest BCUT2D eigenvalue weighted by molar-refractivity contribution is 0.414. The van der Waals surface area contributed by atoms with E-state index in [1.165, 1.54) is 5.56 Å². The van der Waals surface area contributed by atoms with Crippen LogP contribution in [-0.2, 0) is 6.42 Å². The van der Waals surface area contributed by atoms with Crippen LogP contribution in [0.15, 0.2) is 22.7 Å². The summed E-state index contributed by atoms with van der Waals surface area (Å²) in [6, 6.07) is 6.06. The Morgan fingerprint density at radius 1 is 1.47 bits per heavy atom. The highest BCUT2D eigenvalue weighted by Crippen LogP contribution is 2.24. The van der Waals surface area contributed by atoms with E-state index in [-0.39, 0.29) is 0 Å². The maximum Gasteiger partial charge on any atom is 0.119 e. The zero-order chi connectivity index (χ0) is 11.3. The fourth-order valence-corrected chi connectivity index (χ4v) is 1.83. The summed E-state index contributed by atoms with van der Waals surface area (Å²) in [4.78, 5) is 0. The summed E-state index contributed by atoms with van der Waals surface area (Å²) in [6.45, 7) is 2.93. The van der Waals surface area contributed by atoms with Crippen molar-refractivity contribution < 1.29 is 4.74 Å². The van der Waals surface area contributed by atoms with Gasteiger partial charge in [0.15, 0.2) is 0 Å². The first kappa shape index (κ1) is 12.5. The van der Waals surface area contributed by atoms with Crippen LogP contribution in [0.2, 0.25) is 0 Å². The van der Waals surface area contributed by atoms with Crippen molar-refractivity contribution >= 4 is 15.9 Å². The van der Waals surface area contributed by atoms with Crippen molar-refractivity contribution in [1.29, 1.82) is 0 Å². The van der Waals surface area contributed by atoms with Gasteiger partial charge < -0.3 is 10.5 Å². The molecule has 1 atom stereocenters. The lowest BCUT2D eigenvalue weighted by atomic mass is 10.0. The third-order valence-corrected chi connectivity index (χ3v) is 3.34.